The first-order chi connectivity index (χ1) is 13.8. The van der Waals surface area contributed by atoms with E-state index in [2.05, 4.69) is 14.8 Å². The molecule has 1 unspecified atom stereocenters. The maximum absolute atomic E-state index is 12.2. The van der Waals surface area contributed by atoms with Crippen molar-refractivity contribution in [2.45, 2.75) is 19.4 Å². The van der Waals surface area contributed by atoms with Crippen LogP contribution in [0.1, 0.15) is 30.5 Å². The van der Waals surface area contributed by atoms with Gasteiger partial charge in [-0.05, 0) is 41.5 Å². The summed E-state index contributed by atoms with van der Waals surface area (Å²) in [4.78, 5) is 16.6. The zero-order valence-electron chi connectivity index (χ0n) is 16.0. The third-order valence-electron chi connectivity index (χ3n) is 4.77. The Kier molecular flexibility index (Phi) is 4.79. The van der Waals surface area contributed by atoms with Gasteiger partial charge >= 0.3 is 0 Å². The summed E-state index contributed by atoms with van der Waals surface area (Å²) in [6.45, 7) is 1.50. The van der Waals surface area contributed by atoms with Gasteiger partial charge in [-0.15, -0.1) is 0 Å². The molecule has 148 valence electrons. The van der Waals surface area contributed by atoms with Gasteiger partial charge in [0.15, 0.2) is 0 Å². The summed E-state index contributed by atoms with van der Waals surface area (Å²) < 4.78 is 25.2. The summed E-state index contributed by atoms with van der Waals surface area (Å²) in [5, 5.41) is 7.07. The van der Waals surface area contributed by atoms with E-state index in [0.29, 0.717) is 12.1 Å². The van der Waals surface area contributed by atoms with Crippen LogP contribution in [0.25, 0.3) is 10.9 Å². The predicted octanol–water partition coefficient (Wildman–Crippen LogP) is 3.30. The molecule has 2 heterocycles. The first-order valence-corrected chi connectivity index (χ1v) is 11.0. The Morgan fingerprint density at radius 1 is 1.14 bits per heavy atom. The Labute approximate surface area is 169 Å². The maximum Gasteiger partial charge on any atom is 0.240 e. The molecule has 0 saturated carbocycles. The van der Waals surface area contributed by atoms with Crippen LogP contribution < -0.4 is 4.72 Å². The second kappa shape index (κ2) is 7.29. The average molecular weight is 408 g/mol. The summed E-state index contributed by atoms with van der Waals surface area (Å²) in [7, 11) is -3.33. The third kappa shape index (κ3) is 4.12. The summed E-state index contributed by atoms with van der Waals surface area (Å²) in [6, 6.07) is 16.6. The molecule has 1 amide bonds. The molecule has 0 spiro atoms. The highest BCUT2D eigenvalue weighted by Gasteiger charge is 2.31. The molecule has 0 radical (unpaired) electrons. The summed E-state index contributed by atoms with van der Waals surface area (Å²) in [6.07, 6.45) is 3.43. The highest BCUT2D eigenvalue weighted by atomic mass is 32.2. The Morgan fingerprint density at radius 2 is 1.90 bits per heavy atom. The fraction of sp³-hybridized carbons (Fsp3) is 0.190. The number of fused-ring (bicyclic) bond motifs is 1. The van der Waals surface area contributed by atoms with Crippen LogP contribution in [0.2, 0.25) is 0 Å². The van der Waals surface area contributed by atoms with Gasteiger partial charge in [-0.2, -0.15) is 5.10 Å². The fourth-order valence-corrected chi connectivity index (χ4v) is 4.05. The van der Waals surface area contributed by atoms with Gasteiger partial charge in [0.25, 0.3) is 0 Å². The lowest BCUT2D eigenvalue weighted by Gasteiger charge is -2.20. The van der Waals surface area contributed by atoms with E-state index in [0.717, 1.165) is 34.0 Å². The Hall–Kier alpha value is -3.26. The van der Waals surface area contributed by atoms with Gasteiger partial charge in [-0.1, -0.05) is 24.3 Å². The number of rotatable bonds is 4. The van der Waals surface area contributed by atoms with Gasteiger partial charge in [-0.25, -0.2) is 13.4 Å². The van der Waals surface area contributed by atoms with Crippen LogP contribution in [-0.2, 0) is 14.8 Å². The van der Waals surface area contributed by atoms with E-state index in [-0.39, 0.29) is 11.9 Å². The Morgan fingerprint density at radius 3 is 2.59 bits per heavy atom. The molecule has 29 heavy (non-hydrogen) atoms. The van der Waals surface area contributed by atoms with E-state index >= 15 is 0 Å². The molecule has 8 heteroatoms. The van der Waals surface area contributed by atoms with Crippen molar-refractivity contribution < 1.29 is 13.2 Å². The molecule has 0 aliphatic carbocycles. The van der Waals surface area contributed by atoms with Gasteiger partial charge < -0.3 is 0 Å². The predicted molar refractivity (Wildman–Crippen MR) is 113 cm³/mol. The van der Waals surface area contributed by atoms with Gasteiger partial charge in [0.05, 0.1) is 23.5 Å². The topological polar surface area (TPSA) is 91.7 Å². The van der Waals surface area contributed by atoms with Crippen LogP contribution in [0.3, 0.4) is 0 Å². The zero-order chi connectivity index (χ0) is 20.6. The standard InChI is InChI=1S/C21H20N4O3S/c1-14(26)25-21(17-7-10-19-16(12-17)4-3-11-22-19)13-20(23-25)15-5-8-18(9-6-15)24-29(2,27)28/h3-12,21,24H,13H2,1-2H3. The molecule has 4 rings (SSSR count). The molecule has 1 aliphatic heterocycles. The number of hydrogen-bond acceptors (Lipinski definition) is 5. The molecule has 3 aromatic rings. The molecule has 7 nitrogen and oxygen atoms in total. The lowest BCUT2D eigenvalue weighted by Crippen LogP contribution is -2.24. The monoisotopic (exact) mass is 408 g/mol. The normalized spacial score (nSPS) is 16.7. The molecule has 0 saturated heterocycles. The number of anilines is 1. The molecule has 0 bridgehead atoms. The number of nitrogens with zero attached hydrogens (tertiary/aromatic N) is 3. The van der Waals surface area contributed by atoms with E-state index in [1.54, 1.807) is 30.5 Å². The van der Waals surface area contributed by atoms with Crippen molar-refractivity contribution in [2.24, 2.45) is 5.10 Å². The van der Waals surface area contributed by atoms with E-state index in [4.69, 9.17) is 0 Å². The quantitative estimate of drug-likeness (QED) is 0.717. The number of nitrogens with one attached hydrogen (secondary N) is 1. The van der Waals surface area contributed by atoms with Gasteiger partial charge in [0.2, 0.25) is 15.9 Å². The summed E-state index contributed by atoms with van der Waals surface area (Å²) >= 11 is 0. The molecule has 1 N–H and O–H groups in total. The van der Waals surface area contributed by atoms with Crippen molar-refractivity contribution in [1.29, 1.82) is 0 Å². The highest BCUT2D eigenvalue weighted by molar-refractivity contribution is 7.92. The number of benzene rings is 2. The second-order valence-corrected chi connectivity index (χ2v) is 8.79. The SMILES string of the molecule is CC(=O)N1N=C(c2ccc(NS(C)(=O)=O)cc2)CC1c1ccc2ncccc2c1. The van der Waals surface area contributed by atoms with Gasteiger partial charge in [0.1, 0.15) is 0 Å². The lowest BCUT2D eigenvalue weighted by atomic mass is 9.97. The highest BCUT2D eigenvalue weighted by Crippen LogP contribution is 2.34. The largest absolute Gasteiger partial charge is 0.284 e. The van der Waals surface area contributed by atoms with Gasteiger partial charge in [-0.3, -0.25) is 14.5 Å². The van der Waals surface area contributed by atoms with E-state index in [9.17, 15) is 13.2 Å². The Balaban J connectivity index is 1.63. The van der Waals surface area contributed by atoms with Gasteiger partial charge in [0, 0.05) is 30.6 Å². The van der Waals surface area contributed by atoms with Crippen LogP contribution in [-0.4, -0.2) is 36.3 Å². The smallest absolute Gasteiger partial charge is 0.240 e. The number of pyridine rings is 1. The second-order valence-electron chi connectivity index (χ2n) is 7.04. The molecule has 1 aromatic heterocycles. The van der Waals surface area contributed by atoms with Crippen LogP contribution >= 0.6 is 0 Å². The maximum atomic E-state index is 12.2. The number of aromatic nitrogens is 1. The van der Waals surface area contributed by atoms with Crippen molar-refractivity contribution in [3.8, 4) is 0 Å². The van der Waals surface area contributed by atoms with Crippen molar-refractivity contribution in [2.75, 3.05) is 11.0 Å². The van der Waals surface area contributed by atoms with Crippen molar-refractivity contribution in [3.05, 3.63) is 71.9 Å². The fourth-order valence-electron chi connectivity index (χ4n) is 3.48. The van der Waals surface area contributed by atoms with Crippen LogP contribution in [0, 0.1) is 0 Å². The number of carbonyl (C=O) groups excluding carboxylic acids is 1. The number of sulfonamides is 1. The third-order valence-corrected chi connectivity index (χ3v) is 5.37. The molecule has 1 atom stereocenters. The van der Waals surface area contributed by atoms with E-state index in [1.807, 2.05) is 30.3 Å². The molecular weight excluding hydrogens is 388 g/mol. The number of hydrogen-bond donors (Lipinski definition) is 1. The van der Waals surface area contributed by atoms with Crippen molar-refractivity contribution >= 4 is 38.2 Å². The number of carbonyl (C=O) groups is 1. The summed E-state index contributed by atoms with van der Waals surface area (Å²) in [5.41, 5.74) is 4.01. The van der Waals surface area contributed by atoms with Crippen LogP contribution in [0.15, 0.2) is 65.9 Å². The van der Waals surface area contributed by atoms with Crippen molar-refractivity contribution in [1.82, 2.24) is 9.99 Å². The van der Waals surface area contributed by atoms with Crippen molar-refractivity contribution in [3.63, 3.8) is 0 Å². The lowest BCUT2D eigenvalue weighted by molar-refractivity contribution is -0.130. The molecular formula is C21H20N4O3S. The first-order valence-electron chi connectivity index (χ1n) is 9.10. The van der Waals surface area contributed by atoms with Crippen LogP contribution in [0.5, 0.6) is 0 Å². The average Bonchev–Trinajstić information content (AvgIpc) is 3.13. The minimum absolute atomic E-state index is 0.133. The molecule has 0 fully saturated rings. The molecule has 2 aromatic carbocycles. The van der Waals surface area contributed by atoms with Crippen LogP contribution in [0.4, 0.5) is 5.69 Å². The number of hydrazone groups is 1. The first kappa shape index (κ1) is 19.1. The molecule has 1 aliphatic rings. The van der Waals surface area contributed by atoms with E-state index in [1.165, 1.54) is 11.9 Å². The number of amides is 1. The zero-order valence-corrected chi connectivity index (χ0v) is 16.8. The summed E-state index contributed by atoms with van der Waals surface area (Å²) in [5.74, 6) is -0.133. The minimum Gasteiger partial charge on any atom is -0.284 e. The Bertz CT molecular complexity index is 1220. The van der Waals surface area contributed by atoms with E-state index < -0.39 is 10.0 Å². The minimum atomic E-state index is -3.33.